The molecule has 22 heavy (non-hydrogen) atoms. The summed E-state index contributed by atoms with van der Waals surface area (Å²) in [6.45, 7) is 3.79. The molecule has 1 aliphatic carbocycles. The van der Waals surface area contributed by atoms with Gasteiger partial charge in [-0.05, 0) is 49.1 Å². The van der Waals surface area contributed by atoms with Crippen molar-refractivity contribution in [1.82, 2.24) is 0 Å². The second-order valence-corrected chi connectivity index (χ2v) is 4.83. The molecule has 1 saturated carbocycles. The molecule has 0 N–H and O–H groups in total. The van der Waals surface area contributed by atoms with Crippen molar-refractivity contribution in [1.29, 1.82) is 0 Å². The quantitative estimate of drug-likeness (QED) is 0.455. The standard InChI is InChI=1S/C15H18F2O.2CH3.V.Y.H2/c1-3-10-4-6-11(7-5-10)12-8-9-13(18-2)15(17)14(12)16;;;;;/h3,8-11H,1,4-7H2,2H3;2*1H3;;;1H/q;2*-1;+2;;. The predicted molar refractivity (Wildman–Crippen MR) is 82.7 cm³/mol. The van der Waals surface area contributed by atoms with E-state index in [2.05, 4.69) is 6.58 Å². The van der Waals surface area contributed by atoms with E-state index in [9.17, 15) is 8.78 Å². The topological polar surface area (TPSA) is 9.23 Å². The van der Waals surface area contributed by atoms with Gasteiger partial charge in [-0.1, -0.05) is 12.1 Å². The molecule has 0 spiro atoms. The normalized spacial score (nSPS) is 19.4. The van der Waals surface area contributed by atoms with E-state index >= 15 is 0 Å². The Morgan fingerprint density at radius 1 is 1.14 bits per heavy atom. The molecule has 1 nitrogen and oxygen atoms in total. The van der Waals surface area contributed by atoms with E-state index in [1.807, 2.05) is 6.08 Å². The third kappa shape index (κ3) is 6.07. The Morgan fingerprint density at radius 2 is 1.68 bits per heavy atom. The fraction of sp³-hybridized carbons (Fsp3) is 0.412. The van der Waals surface area contributed by atoms with Crippen molar-refractivity contribution >= 4 is 0 Å². The zero-order valence-corrected chi connectivity index (χ0v) is 17.8. The van der Waals surface area contributed by atoms with Gasteiger partial charge in [0, 0.05) is 34.1 Å². The second-order valence-electron chi connectivity index (χ2n) is 4.83. The van der Waals surface area contributed by atoms with Gasteiger partial charge in [-0.2, -0.15) is 4.39 Å². The van der Waals surface area contributed by atoms with Gasteiger partial charge in [0.1, 0.15) is 0 Å². The number of halogens is 2. The first kappa shape index (κ1) is 27.2. The molecule has 0 aliphatic heterocycles. The number of benzene rings is 1. The summed E-state index contributed by atoms with van der Waals surface area (Å²) in [5, 5.41) is 0. The summed E-state index contributed by atoms with van der Waals surface area (Å²) in [5.74, 6) is -1.03. The van der Waals surface area contributed by atoms with Crippen molar-refractivity contribution in [3.05, 3.63) is 56.8 Å². The fourth-order valence-electron chi connectivity index (χ4n) is 2.69. The fourth-order valence-corrected chi connectivity index (χ4v) is 2.69. The molecule has 0 amide bonds. The van der Waals surface area contributed by atoms with Crippen LogP contribution in [0.2, 0.25) is 0 Å². The van der Waals surface area contributed by atoms with Gasteiger partial charge in [-0.15, -0.1) is 6.58 Å². The number of hydrogen-bond donors (Lipinski definition) is 0. The van der Waals surface area contributed by atoms with Crippen molar-refractivity contribution in [2.75, 3.05) is 7.11 Å². The minimum Gasteiger partial charge on any atom is -0.494 e. The molecular weight excluding hydrogens is 398 g/mol. The Morgan fingerprint density at radius 3 is 2.14 bits per heavy atom. The first-order valence-electron chi connectivity index (χ1n) is 6.31. The van der Waals surface area contributed by atoms with E-state index in [1.165, 1.54) is 13.2 Å². The minimum atomic E-state index is -0.874. The van der Waals surface area contributed by atoms with Crippen LogP contribution in [0.1, 0.15) is 38.6 Å². The van der Waals surface area contributed by atoms with E-state index in [1.54, 1.807) is 6.07 Å². The van der Waals surface area contributed by atoms with Crippen LogP contribution in [-0.2, 0) is 51.3 Å². The van der Waals surface area contributed by atoms with Crippen LogP contribution in [0.5, 0.6) is 5.75 Å². The molecule has 2 radical (unpaired) electrons. The molecule has 0 heterocycles. The molecule has 1 aromatic carbocycles. The third-order valence-electron chi connectivity index (χ3n) is 3.84. The van der Waals surface area contributed by atoms with Gasteiger partial charge >= 0.3 is 18.6 Å². The molecule has 1 aliphatic rings. The Bertz CT molecular complexity index is 452. The van der Waals surface area contributed by atoms with E-state index in [-0.39, 0.29) is 79.2 Å². The molecule has 5 heteroatoms. The van der Waals surface area contributed by atoms with Gasteiger partial charge < -0.3 is 19.6 Å². The molecule has 1 aromatic rings. The van der Waals surface area contributed by atoms with E-state index in [0.717, 1.165) is 25.7 Å². The molecule has 2 rings (SSSR count). The summed E-state index contributed by atoms with van der Waals surface area (Å²) in [5.41, 5.74) is 0.482. The van der Waals surface area contributed by atoms with E-state index in [0.29, 0.717) is 11.5 Å². The minimum absolute atomic E-state index is 0. The average Bonchev–Trinajstić information content (AvgIpc) is 2.42. The van der Waals surface area contributed by atoms with Crippen LogP contribution in [0.15, 0.2) is 24.8 Å². The zero-order valence-electron chi connectivity index (χ0n) is 13.6. The second kappa shape index (κ2) is 12.7. The maximum absolute atomic E-state index is 13.9. The molecule has 0 aromatic heterocycles. The molecule has 0 bridgehead atoms. The van der Waals surface area contributed by atoms with Crippen molar-refractivity contribution in [2.45, 2.75) is 31.6 Å². The molecule has 0 atom stereocenters. The van der Waals surface area contributed by atoms with Crippen molar-refractivity contribution < 1.29 is 66.2 Å². The summed E-state index contributed by atoms with van der Waals surface area (Å²) < 4.78 is 32.4. The van der Waals surface area contributed by atoms with E-state index in [4.69, 9.17) is 4.74 Å². The van der Waals surface area contributed by atoms with Crippen LogP contribution in [0.3, 0.4) is 0 Å². The van der Waals surface area contributed by atoms with Crippen LogP contribution in [0.4, 0.5) is 8.78 Å². The Hall–Kier alpha value is 0.308. The van der Waals surface area contributed by atoms with Gasteiger partial charge in [0.05, 0.1) is 7.11 Å². The van der Waals surface area contributed by atoms with Crippen molar-refractivity contribution in [2.24, 2.45) is 5.92 Å². The van der Waals surface area contributed by atoms with Crippen LogP contribution in [-0.4, -0.2) is 7.11 Å². The number of allylic oxidation sites excluding steroid dienone is 1. The Labute approximate surface area is 172 Å². The Kier molecular flexibility index (Phi) is 15.7. The summed E-state index contributed by atoms with van der Waals surface area (Å²) >= 11 is 0. The van der Waals surface area contributed by atoms with Crippen LogP contribution in [0.25, 0.3) is 0 Å². The van der Waals surface area contributed by atoms with Gasteiger partial charge in [0.2, 0.25) is 5.82 Å². The monoisotopic (exact) mass is 424 g/mol. The van der Waals surface area contributed by atoms with Crippen LogP contribution in [0, 0.1) is 32.4 Å². The Balaban J connectivity index is -0.000000361. The largest absolute Gasteiger partial charge is 2.00 e. The molecule has 1 fully saturated rings. The maximum Gasteiger partial charge on any atom is 2.00 e. The predicted octanol–water partition coefficient (Wildman–Crippen LogP) is 5.57. The van der Waals surface area contributed by atoms with E-state index < -0.39 is 11.6 Å². The number of methoxy groups -OCH3 is 1. The molecule has 0 saturated heterocycles. The summed E-state index contributed by atoms with van der Waals surface area (Å²) in [4.78, 5) is 0. The summed E-state index contributed by atoms with van der Waals surface area (Å²) in [6, 6.07) is 3.16. The average molecular weight is 424 g/mol. The molecule has 0 unspecified atom stereocenters. The molecule has 122 valence electrons. The number of ether oxygens (including phenoxy) is 1. The maximum atomic E-state index is 13.9. The zero-order chi connectivity index (χ0) is 13.1. The smallest absolute Gasteiger partial charge is 0.494 e. The summed E-state index contributed by atoms with van der Waals surface area (Å²) in [6.07, 6.45) is 5.74. The van der Waals surface area contributed by atoms with Crippen molar-refractivity contribution in [3.63, 3.8) is 0 Å². The van der Waals surface area contributed by atoms with Crippen LogP contribution < -0.4 is 4.74 Å². The number of rotatable bonds is 3. The van der Waals surface area contributed by atoms with Gasteiger partial charge in [0.15, 0.2) is 11.6 Å². The first-order valence-corrected chi connectivity index (χ1v) is 6.31. The van der Waals surface area contributed by atoms with Gasteiger partial charge in [-0.25, -0.2) is 4.39 Å². The molecular formula is C17H26F2OVY. The van der Waals surface area contributed by atoms with Crippen LogP contribution >= 0.6 is 0 Å². The van der Waals surface area contributed by atoms with Gasteiger partial charge in [-0.3, -0.25) is 0 Å². The van der Waals surface area contributed by atoms with Crippen molar-refractivity contribution in [3.8, 4) is 5.75 Å². The summed E-state index contributed by atoms with van der Waals surface area (Å²) in [7, 11) is 1.34. The first-order chi connectivity index (χ1) is 8.67. The van der Waals surface area contributed by atoms with Gasteiger partial charge in [0.25, 0.3) is 0 Å². The number of hydrogen-bond acceptors (Lipinski definition) is 1. The SMILES string of the molecule is C=CC1CCC(c2ccc(OC)c(F)c2F)CC1.[CH3-].[CH3-].[HH].[V+2].[Y]. The third-order valence-corrected chi connectivity index (χ3v) is 3.84.